The number of phenols is 1. The molecule has 1 heterocycles. The summed E-state index contributed by atoms with van der Waals surface area (Å²) in [5.41, 5.74) is 1.36. The van der Waals surface area contributed by atoms with E-state index >= 15 is 0 Å². The van der Waals surface area contributed by atoms with E-state index in [-0.39, 0.29) is 17.7 Å². The number of anilines is 1. The van der Waals surface area contributed by atoms with Crippen LogP contribution in [0.15, 0.2) is 42.6 Å². The molecule has 1 aromatic heterocycles. The minimum absolute atomic E-state index is 0.0585. The van der Waals surface area contributed by atoms with Crippen LogP contribution in [-0.2, 0) is 0 Å². The number of hydrogen-bond acceptors (Lipinski definition) is 2. The molecule has 0 saturated heterocycles. The summed E-state index contributed by atoms with van der Waals surface area (Å²) >= 11 is 0. The normalized spacial score (nSPS) is 10.8. The first-order valence-electron chi connectivity index (χ1n) is 6.82. The zero-order valence-corrected chi connectivity index (χ0v) is 12.1. The number of aromatic nitrogens is 1. The molecule has 0 aliphatic heterocycles. The average molecular weight is 272 g/mol. The first-order valence-corrected chi connectivity index (χ1v) is 6.82. The molecule has 2 aromatic rings. The lowest BCUT2D eigenvalue weighted by Crippen LogP contribution is -2.32. The number of aromatic hydroxyl groups is 1. The second kappa shape index (κ2) is 5.82. The van der Waals surface area contributed by atoms with Crippen molar-refractivity contribution in [2.24, 2.45) is 0 Å². The van der Waals surface area contributed by atoms with Crippen molar-refractivity contribution in [1.29, 1.82) is 0 Å². The maximum atomic E-state index is 12.7. The number of benzene rings is 1. The van der Waals surface area contributed by atoms with Crippen LogP contribution in [0.3, 0.4) is 0 Å². The Labute approximate surface area is 119 Å². The number of carbonyl (C=O) groups is 1. The highest BCUT2D eigenvalue weighted by molar-refractivity contribution is 6.05. The first-order chi connectivity index (χ1) is 9.54. The van der Waals surface area contributed by atoms with Crippen molar-refractivity contribution in [3.63, 3.8) is 0 Å². The van der Waals surface area contributed by atoms with Crippen LogP contribution in [0, 0.1) is 0 Å². The molecule has 0 atom stereocenters. The molecule has 1 N–H and O–H groups in total. The van der Waals surface area contributed by atoms with E-state index in [1.54, 1.807) is 23.1 Å². The standard InChI is InChI=1S/C16H20N2O2/c1-4-17(13-7-5-8-14(19)11-13)16(20)15-9-6-10-18(15)12(2)3/h5-12,19H,4H2,1-3H3. The Balaban J connectivity index is 2.37. The fourth-order valence-electron chi connectivity index (χ4n) is 2.27. The molecule has 0 saturated carbocycles. The molecule has 1 amide bonds. The fraction of sp³-hybridized carbons (Fsp3) is 0.312. The monoisotopic (exact) mass is 272 g/mol. The summed E-state index contributed by atoms with van der Waals surface area (Å²) in [5, 5.41) is 9.57. The first kappa shape index (κ1) is 14.2. The topological polar surface area (TPSA) is 45.5 Å². The van der Waals surface area contributed by atoms with E-state index in [9.17, 15) is 9.90 Å². The molecule has 0 fully saturated rings. The molecule has 106 valence electrons. The van der Waals surface area contributed by atoms with Gasteiger partial charge in [-0.15, -0.1) is 0 Å². The zero-order chi connectivity index (χ0) is 14.7. The molecular formula is C16H20N2O2. The van der Waals surface area contributed by atoms with Crippen molar-refractivity contribution in [3.8, 4) is 5.75 Å². The summed E-state index contributed by atoms with van der Waals surface area (Å²) in [4.78, 5) is 14.4. The van der Waals surface area contributed by atoms with E-state index < -0.39 is 0 Å². The van der Waals surface area contributed by atoms with Gasteiger partial charge in [0.2, 0.25) is 0 Å². The summed E-state index contributed by atoms with van der Waals surface area (Å²) < 4.78 is 1.95. The largest absolute Gasteiger partial charge is 0.508 e. The van der Waals surface area contributed by atoms with E-state index in [1.165, 1.54) is 0 Å². The van der Waals surface area contributed by atoms with Gasteiger partial charge < -0.3 is 14.6 Å². The second-order valence-electron chi connectivity index (χ2n) is 4.96. The molecule has 0 aliphatic rings. The predicted octanol–water partition coefficient (Wildman–Crippen LogP) is 3.44. The lowest BCUT2D eigenvalue weighted by molar-refractivity contribution is 0.0978. The average Bonchev–Trinajstić information content (AvgIpc) is 2.89. The Morgan fingerprint density at radius 3 is 2.65 bits per heavy atom. The number of phenolic OH excluding ortho intramolecular Hbond substituents is 1. The molecule has 0 spiro atoms. The summed E-state index contributed by atoms with van der Waals surface area (Å²) in [6.07, 6.45) is 1.91. The maximum Gasteiger partial charge on any atom is 0.274 e. The lowest BCUT2D eigenvalue weighted by atomic mass is 10.2. The molecule has 0 unspecified atom stereocenters. The third-order valence-corrected chi connectivity index (χ3v) is 3.26. The number of carbonyl (C=O) groups excluding carboxylic acids is 1. The highest BCUT2D eigenvalue weighted by Crippen LogP contribution is 2.22. The Bertz CT molecular complexity index is 602. The van der Waals surface area contributed by atoms with Crippen LogP contribution in [-0.4, -0.2) is 22.1 Å². The quantitative estimate of drug-likeness (QED) is 0.926. The molecule has 2 rings (SSSR count). The number of rotatable bonds is 4. The number of hydrogen-bond donors (Lipinski definition) is 1. The van der Waals surface area contributed by atoms with E-state index in [0.29, 0.717) is 17.9 Å². The highest BCUT2D eigenvalue weighted by Gasteiger charge is 2.20. The van der Waals surface area contributed by atoms with Gasteiger partial charge in [0.15, 0.2) is 0 Å². The smallest absolute Gasteiger partial charge is 0.274 e. The van der Waals surface area contributed by atoms with Gasteiger partial charge in [-0.25, -0.2) is 0 Å². The van der Waals surface area contributed by atoms with Crippen molar-refractivity contribution < 1.29 is 9.90 Å². The lowest BCUT2D eigenvalue weighted by Gasteiger charge is -2.23. The third kappa shape index (κ3) is 2.69. The van der Waals surface area contributed by atoms with Crippen molar-refractivity contribution >= 4 is 11.6 Å². The van der Waals surface area contributed by atoms with Crippen LogP contribution in [0.2, 0.25) is 0 Å². The summed E-state index contributed by atoms with van der Waals surface area (Å²) in [6.45, 7) is 6.55. The van der Waals surface area contributed by atoms with Crippen LogP contribution >= 0.6 is 0 Å². The Morgan fingerprint density at radius 2 is 2.05 bits per heavy atom. The zero-order valence-electron chi connectivity index (χ0n) is 12.1. The Kier molecular flexibility index (Phi) is 4.13. The number of amides is 1. The maximum absolute atomic E-state index is 12.7. The minimum Gasteiger partial charge on any atom is -0.508 e. The van der Waals surface area contributed by atoms with Gasteiger partial charge in [-0.05, 0) is 45.0 Å². The Hall–Kier alpha value is -2.23. The van der Waals surface area contributed by atoms with Gasteiger partial charge in [0.25, 0.3) is 5.91 Å². The van der Waals surface area contributed by atoms with Gasteiger partial charge in [-0.2, -0.15) is 0 Å². The van der Waals surface area contributed by atoms with Crippen LogP contribution < -0.4 is 4.90 Å². The van der Waals surface area contributed by atoms with Gasteiger partial charge in [0, 0.05) is 30.5 Å². The van der Waals surface area contributed by atoms with Gasteiger partial charge >= 0.3 is 0 Å². The Morgan fingerprint density at radius 1 is 1.30 bits per heavy atom. The number of nitrogens with zero attached hydrogens (tertiary/aromatic N) is 2. The van der Waals surface area contributed by atoms with Gasteiger partial charge in [0.1, 0.15) is 11.4 Å². The van der Waals surface area contributed by atoms with E-state index in [4.69, 9.17) is 0 Å². The minimum atomic E-state index is -0.0585. The van der Waals surface area contributed by atoms with Crippen molar-refractivity contribution in [2.75, 3.05) is 11.4 Å². The van der Waals surface area contributed by atoms with Gasteiger partial charge in [-0.1, -0.05) is 6.07 Å². The van der Waals surface area contributed by atoms with Crippen LogP contribution in [0.1, 0.15) is 37.3 Å². The SMILES string of the molecule is CCN(C(=O)c1cccn1C(C)C)c1cccc(O)c1. The van der Waals surface area contributed by atoms with Crippen molar-refractivity contribution in [2.45, 2.75) is 26.8 Å². The fourth-order valence-corrected chi connectivity index (χ4v) is 2.27. The molecule has 0 radical (unpaired) electrons. The van der Waals surface area contributed by atoms with E-state index in [1.807, 2.05) is 49.7 Å². The van der Waals surface area contributed by atoms with Gasteiger partial charge in [-0.3, -0.25) is 4.79 Å². The molecule has 0 aliphatic carbocycles. The molecule has 4 heteroatoms. The molecule has 4 nitrogen and oxygen atoms in total. The molecular weight excluding hydrogens is 252 g/mol. The van der Waals surface area contributed by atoms with Crippen LogP contribution in [0.25, 0.3) is 0 Å². The van der Waals surface area contributed by atoms with E-state index in [2.05, 4.69) is 0 Å². The van der Waals surface area contributed by atoms with E-state index in [0.717, 1.165) is 0 Å². The summed E-state index contributed by atoms with van der Waals surface area (Å²) in [7, 11) is 0. The highest BCUT2D eigenvalue weighted by atomic mass is 16.3. The molecule has 20 heavy (non-hydrogen) atoms. The summed E-state index contributed by atoms with van der Waals surface area (Å²) in [5.74, 6) is 0.102. The van der Waals surface area contributed by atoms with Crippen LogP contribution in [0.4, 0.5) is 5.69 Å². The molecule has 1 aromatic carbocycles. The summed E-state index contributed by atoms with van der Waals surface area (Å²) in [6, 6.07) is 10.7. The van der Waals surface area contributed by atoms with Crippen LogP contribution in [0.5, 0.6) is 5.75 Å². The molecule has 0 bridgehead atoms. The predicted molar refractivity (Wildman–Crippen MR) is 80.3 cm³/mol. The van der Waals surface area contributed by atoms with Crippen molar-refractivity contribution in [1.82, 2.24) is 4.57 Å². The van der Waals surface area contributed by atoms with Gasteiger partial charge in [0.05, 0.1) is 0 Å². The van der Waals surface area contributed by atoms with Crippen molar-refractivity contribution in [3.05, 3.63) is 48.3 Å². The third-order valence-electron chi connectivity index (χ3n) is 3.26. The second-order valence-corrected chi connectivity index (χ2v) is 4.96.